The van der Waals surface area contributed by atoms with Crippen molar-refractivity contribution in [3.05, 3.63) is 40.0 Å². The second-order valence-corrected chi connectivity index (χ2v) is 8.81. The van der Waals surface area contributed by atoms with Crippen LogP contribution in [0, 0.1) is 13.8 Å². The number of benzene rings is 1. The molecule has 142 valence electrons. The first-order valence-electron chi connectivity index (χ1n) is 9.38. The summed E-state index contributed by atoms with van der Waals surface area (Å²) in [6, 6.07) is 7.08. The van der Waals surface area contributed by atoms with Crippen molar-refractivity contribution in [3.63, 3.8) is 0 Å². The summed E-state index contributed by atoms with van der Waals surface area (Å²) in [4.78, 5) is 14.8. The Labute approximate surface area is 169 Å². The highest BCUT2D eigenvalue weighted by Gasteiger charge is 2.25. The molecule has 0 atom stereocenters. The Bertz CT molecular complexity index is 976. The smallest absolute Gasteiger partial charge is 0.225 e. The van der Waals surface area contributed by atoms with Crippen LogP contribution in [-0.2, 0) is 0 Å². The standard InChI is InChI=1S/C21H25ClN4S/c1-13-5-6-16(14(2)11-13)17-12-27-20-18(17)19(23-21(22)24-20)26(4)15-7-9-25(3)10-8-15/h5-6,11-12,15H,7-10H2,1-4H3. The topological polar surface area (TPSA) is 32.3 Å². The van der Waals surface area contributed by atoms with E-state index in [-0.39, 0.29) is 0 Å². The van der Waals surface area contributed by atoms with Gasteiger partial charge in [0.1, 0.15) is 10.6 Å². The summed E-state index contributed by atoms with van der Waals surface area (Å²) in [5, 5.41) is 3.64. The van der Waals surface area contributed by atoms with Crippen molar-refractivity contribution in [2.45, 2.75) is 32.7 Å². The number of fused-ring (bicyclic) bond motifs is 1. The molecule has 1 aliphatic heterocycles. The lowest BCUT2D eigenvalue weighted by atomic mass is 9.98. The Balaban J connectivity index is 1.84. The van der Waals surface area contributed by atoms with Crippen LogP contribution in [0.1, 0.15) is 24.0 Å². The van der Waals surface area contributed by atoms with Crippen LogP contribution in [0.2, 0.25) is 5.28 Å². The molecule has 6 heteroatoms. The predicted octanol–water partition coefficient (Wildman–Crippen LogP) is 5.16. The first-order valence-corrected chi connectivity index (χ1v) is 10.6. The molecule has 0 amide bonds. The van der Waals surface area contributed by atoms with E-state index >= 15 is 0 Å². The second-order valence-electron chi connectivity index (χ2n) is 7.61. The average molecular weight is 401 g/mol. The summed E-state index contributed by atoms with van der Waals surface area (Å²) in [7, 11) is 4.34. The lowest BCUT2D eigenvalue weighted by Gasteiger charge is -2.36. The van der Waals surface area contributed by atoms with Crippen LogP contribution in [0.3, 0.4) is 0 Å². The van der Waals surface area contributed by atoms with E-state index in [4.69, 9.17) is 11.6 Å². The van der Waals surface area contributed by atoms with Crippen molar-refractivity contribution in [1.82, 2.24) is 14.9 Å². The van der Waals surface area contributed by atoms with Crippen molar-refractivity contribution < 1.29 is 0 Å². The van der Waals surface area contributed by atoms with Gasteiger partial charge in [-0.15, -0.1) is 11.3 Å². The molecule has 0 spiro atoms. The predicted molar refractivity (Wildman–Crippen MR) is 116 cm³/mol. The van der Waals surface area contributed by atoms with E-state index < -0.39 is 0 Å². The van der Waals surface area contributed by atoms with Crippen molar-refractivity contribution in [2.75, 3.05) is 32.1 Å². The van der Waals surface area contributed by atoms with Gasteiger partial charge in [-0.05, 0) is 69.6 Å². The van der Waals surface area contributed by atoms with Gasteiger partial charge in [0.15, 0.2) is 0 Å². The number of hydrogen-bond acceptors (Lipinski definition) is 5. The highest BCUT2D eigenvalue weighted by Crippen LogP contribution is 2.40. The quantitative estimate of drug-likeness (QED) is 0.568. The molecule has 1 saturated heterocycles. The van der Waals surface area contributed by atoms with Crippen molar-refractivity contribution in [3.8, 4) is 11.1 Å². The lowest BCUT2D eigenvalue weighted by Crippen LogP contribution is -2.42. The maximum absolute atomic E-state index is 6.29. The highest BCUT2D eigenvalue weighted by atomic mass is 35.5. The van der Waals surface area contributed by atoms with Gasteiger partial charge in [0, 0.05) is 24.0 Å². The fourth-order valence-corrected chi connectivity index (χ4v) is 5.17. The van der Waals surface area contributed by atoms with Gasteiger partial charge in [0.2, 0.25) is 5.28 Å². The Hall–Kier alpha value is -1.69. The molecular weight excluding hydrogens is 376 g/mol. The van der Waals surface area contributed by atoms with Crippen LogP contribution in [0.15, 0.2) is 23.6 Å². The van der Waals surface area contributed by atoms with Gasteiger partial charge in [-0.1, -0.05) is 23.8 Å². The first kappa shape index (κ1) is 18.7. The maximum Gasteiger partial charge on any atom is 0.225 e. The van der Waals surface area contributed by atoms with E-state index in [1.807, 2.05) is 0 Å². The van der Waals surface area contributed by atoms with Gasteiger partial charge < -0.3 is 9.80 Å². The van der Waals surface area contributed by atoms with Gasteiger partial charge in [0.25, 0.3) is 0 Å². The normalized spacial score (nSPS) is 16.2. The summed E-state index contributed by atoms with van der Waals surface area (Å²) < 4.78 is 0. The Kier molecular flexibility index (Phi) is 5.10. The third kappa shape index (κ3) is 3.56. The van der Waals surface area contributed by atoms with Crippen LogP contribution in [0.25, 0.3) is 21.3 Å². The van der Waals surface area contributed by atoms with E-state index in [9.17, 15) is 0 Å². The van der Waals surface area contributed by atoms with E-state index in [2.05, 4.69) is 71.3 Å². The molecule has 0 bridgehead atoms. The van der Waals surface area contributed by atoms with Gasteiger partial charge in [0.05, 0.1) is 5.39 Å². The van der Waals surface area contributed by atoms with Gasteiger partial charge in [-0.3, -0.25) is 0 Å². The van der Waals surface area contributed by atoms with Gasteiger partial charge in [-0.25, -0.2) is 4.98 Å². The minimum Gasteiger partial charge on any atom is -0.356 e. The number of hydrogen-bond donors (Lipinski definition) is 0. The maximum atomic E-state index is 6.29. The minimum atomic E-state index is 0.325. The van der Waals surface area contributed by atoms with E-state index in [1.54, 1.807) is 11.3 Å². The SMILES string of the molecule is Cc1ccc(-c2csc3nc(Cl)nc(N(C)C4CCN(C)CC4)c23)c(C)c1. The first-order chi connectivity index (χ1) is 12.9. The molecule has 4 nitrogen and oxygen atoms in total. The van der Waals surface area contributed by atoms with Crippen LogP contribution in [-0.4, -0.2) is 48.1 Å². The summed E-state index contributed by atoms with van der Waals surface area (Å²) in [6.45, 7) is 6.53. The highest BCUT2D eigenvalue weighted by molar-refractivity contribution is 7.17. The monoisotopic (exact) mass is 400 g/mol. The summed E-state index contributed by atoms with van der Waals surface area (Å²) in [5.74, 6) is 0.954. The number of halogens is 1. The fourth-order valence-electron chi connectivity index (χ4n) is 4.02. The van der Waals surface area contributed by atoms with Crippen LogP contribution < -0.4 is 4.90 Å². The van der Waals surface area contributed by atoms with Crippen molar-refractivity contribution >= 4 is 39.0 Å². The second kappa shape index (κ2) is 7.38. The van der Waals surface area contributed by atoms with Crippen molar-refractivity contribution in [2.24, 2.45) is 0 Å². The molecule has 2 aromatic heterocycles. The molecule has 0 saturated carbocycles. The molecule has 0 radical (unpaired) electrons. The third-order valence-corrected chi connectivity index (χ3v) is 6.67. The largest absolute Gasteiger partial charge is 0.356 e. The summed E-state index contributed by atoms with van der Waals surface area (Å²) in [6.07, 6.45) is 2.28. The summed E-state index contributed by atoms with van der Waals surface area (Å²) >= 11 is 7.93. The molecule has 3 heterocycles. The zero-order chi connectivity index (χ0) is 19.1. The summed E-state index contributed by atoms with van der Waals surface area (Å²) in [5.41, 5.74) is 5.01. The zero-order valence-corrected chi connectivity index (χ0v) is 17.9. The molecule has 4 rings (SSSR count). The van der Waals surface area contributed by atoms with E-state index in [0.29, 0.717) is 11.3 Å². The lowest BCUT2D eigenvalue weighted by molar-refractivity contribution is 0.252. The molecule has 3 aromatic rings. The Morgan fingerprint density at radius 2 is 1.89 bits per heavy atom. The number of thiophene rings is 1. The van der Waals surface area contributed by atoms with Crippen LogP contribution in [0.5, 0.6) is 0 Å². The Morgan fingerprint density at radius 1 is 1.15 bits per heavy atom. The average Bonchev–Trinajstić information content (AvgIpc) is 3.04. The number of aryl methyl sites for hydroxylation is 2. The number of likely N-dealkylation sites (tertiary alicyclic amines) is 1. The molecule has 0 unspecified atom stereocenters. The minimum absolute atomic E-state index is 0.325. The molecule has 1 fully saturated rings. The molecule has 1 aromatic carbocycles. The van der Waals surface area contributed by atoms with E-state index in [0.717, 1.165) is 42.0 Å². The zero-order valence-electron chi connectivity index (χ0n) is 16.3. The van der Waals surface area contributed by atoms with E-state index in [1.165, 1.54) is 22.3 Å². The molecule has 0 aliphatic carbocycles. The number of anilines is 1. The van der Waals surface area contributed by atoms with Gasteiger partial charge >= 0.3 is 0 Å². The third-order valence-electron chi connectivity index (χ3n) is 5.63. The Morgan fingerprint density at radius 3 is 2.59 bits per heavy atom. The number of piperidine rings is 1. The fraction of sp³-hybridized carbons (Fsp3) is 0.429. The van der Waals surface area contributed by atoms with Crippen molar-refractivity contribution in [1.29, 1.82) is 0 Å². The number of aromatic nitrogens is 2. The molecule has 0 N–H and O–H groups in total. The van der Waals surface area contributed by atoms with Gasteiger partial charge in [-0.2, -0.15) is 4.98 Å². The van der Waals surface area contributed by atoms with Crippen LogP contribution >= 0.6 is 22.9 Å². The molecule has 1 aliphatic rings. The number of rotatable bonds is 3. The molecule has 27 heavy (non-hydrogen) atoms. The molecular formula is C21H25ClN4S. The number of nitrogens with zero attached hydrogens (tertiary/aromatic N) is 4. The van der Waals surface area contributed by atoms with Crippen LogP contribution in [0.4, 0.5) is 5.82 Å².